The number of hydrogen-bond acceptors (Lipinski definition) is 2. The van der Waals surface area contributed by atoms with E-state index >= 15 is 0 Å². The Morgan fingerprint density at radius 1 is 0.594 bits per heavy atom. The van der Waals surface area contributed by atoms with Gasteiger partial charge in [-0.1, -0.05) is 136 Å². The lowest BCUT2D eigenvalue weighted by Crippen LogP contribution is -2.24. The van der Waals surface area contributed by atoms with Crippen LogP contribution in [0.25, 0.3) is 0 Å². The number of ketones is 2. The fourth-order valence-electron chi connectivity index (χ4n) is 4.96. The number of hydrogen-bond donors (Lipinski definition) is 0. The predicted octanol–water partition coefficient (Wildman–Crippen LogP) is 9.69. The van der Waals surface area contributed by atoms with Crippen molar-refractivity contribution in [3.63, 3.8) is 0 Å². The zero-order valence-electron chi connectivity index (χ0n) is 21.7. The summed E-state index contributed by atoms with van der Waals surface area (Å²) >= 11 is 0. The molecule has 2 nitrogen and oxygen atoms in total. The summed E-state index contributed by atoms with van der Waals surface area (Å²) in [5, 5.41) is 0. The van der Waals surface area contributed by atoms with Gasteiger partial charge in [-0.25, -0.2) is 0 Å². The molecule has 0 aliphatic heterocycles. The standard InChI is InChI=1S/C30H54O2/c1-3-5-7-9-11-13-15-17-19-21-23-27-25-30(32)28(26-29(27)31)24-22-20-18-16-14-12-10-8-6-4-2/h25,28H,3-24,26H2,1-2H3. The SMILES string of the molecule is CCCCCCCCCCCCC1=CC(=O)C(CCCCCCCCCCCC)CC1=O. The molecule has 0 aromatic carbocycles. The molecule has 0 saturated heterocycles. The molecule has 0 spiro atoms. The molecule has 1 unspecified atom stereocenters. The molecule has 1 rings (SSSR count). The molecule has 1 aliphatic carbocycles. The summed E-state index contributed by atoms with van der Waals surface area (Å²) in [4.78, 5) is 25.0. The number of carbonyl (C=O) groups excluding carboxylic acids is 2. The van der Waals surface area contributed by atoms with Crippen molar-refractivity contribution in [1.82, 2.24) is 0 Å². The van der Waals surface area contributed by atoms with E-state index in [0.717, 1.165) is 31.3 Å². The maximum atomic E-state index is 12.5. The van der Waals surface area contributed by atoms with Gasteiger partial charge in [0.1, 0.15) is 0 Å². The normalized spacial score (nSPS) is 16.6. The summed E-state index contributed by atoms with van der Waals surface area (Å²) in [6, 6.07) is 0. The summed E-state index contributed by atoms with van der Waals surface area (Å²) in [5.74, 6) is 0.438. The van der Waals surface area contributed by atoms with Gasteiger partial charge in [-0.2, -0.15) is 0 Å². The van der Waals surface area contributed by atoms with Crippen molar-refractivity contribution in [2.75, 3.05) is 0 Å². The Bertz CT molecular complexity index is 505. The van der Waals surface area contributed by atoms with Gasteiger partial charge in [0.15, 0.2) is 11.6 Å². The minimum Gasteiger partial charge on any atom is -0.295 e. The molecule has 0 amide bonds. The van der Waals surface area contributed by atoms with Crippen molar-refractivity contribution in [3.05, 3.63) is 11.6 Å². The highest BCUT2D eigenvalue weighted by Crippen LogP contribution is 2.26. The average Bonchev–Trinajstić information content (AvgIpc) is 2.79. The predicted molar refractivity (Wildman–Crippen MR) is 139 cm³/mol. The van der Waals surface area contributed by atoms with Gasteiger partial charge >= 0.3 is 0 Å². The number of allylic oxidation sites excluding steroid dienone is 2. The Morgan fingerprint density at radius 3 is 1.47 bits per heavy atom. The van der Waals surface area contributed by atoms with E-state index in [9.17, 15) is 9.59 Å². The quantitative estimate of drug-likeness (QED) is 0.155. The van der Waals surface area contributed by atoms with Crippen LogP contribution in [0.4, 0.5) is 0 Å². The van der Waals surface area contributed by atoms with Gasteiger partial charge in [0.25, 0.3) is 0 Å². The fourth-order valence-corrected chi connectivity index (χ4v) is 4.96. The van der Waals surface area contributed by atoms with Gasteiger partial charge in [-0.3, -0.25) is 9.59 Å². The first-order chi connectivity index (χ1) is 15.7. The summed E-state index contributed by atoms with van der Waals surface area (Å²) in [6.07, 6.45) is 30.1. The molecule has 0 saturated carbocycles. The molecule has 0 aromatic heterocycles. The number of Topliss-reactive ketones (excluding diaryl/α,β-unsaturated/α-hetero) is 1. The van der Waals surface area contributed by atoms with Crippen LogP contribution in [0.1, 0.15) is 162 Å². The van der Waals surface area contributed by atoms with Crippen molar-refractivity contribution < 1.29 is 9.59 Å². The molecule has 0 bridgehead atoms. The highest BCUT2D eigenvalue weighted by Gasteiger charge is 2.27. The molecule has 0 radical (unpaired) electrons. The number of unbranched alkanes of at least 4 members (excludes halogenated alkanes) is 18. The van der Waals surface area contributed by atoms with Crippen LogP contribution in [0.3, 0.4) is 0 Å². The number of carbonyl (C=O) groups is 2. The van der Waals surface area contributed by atoms with Gasteiger partial charge in [-0.15, -0.1) is 0 Å². The van der Waals surface area contributed by atoms with E-state index in [1.54, 1.807) is 6.08 Å². The van der Waals surface area contributed by atoms with E-state index in [4.69, 9.17) is 0 Å². The van der Waals surface area contributed by atoms with Crippen molar-refractivity contribution in [2.45, 2.75) is 162 Å². The molecule has 1 atom stereocenters. The Hall–Kier alpha value is -0.920. The molecule has 0 heterocycles. The van der Waals surface area contributed by atoms with E-state index in [0.29, 0.717) is 6.42 Å². The topological polar surface area (TPSA) is 34.1 Å². The van der Waals surface area contributed by atoms with E-state index in [-0.39, 0.29) is 17.5 Å². The smallest absolute Gasteiger partial charge is 0.159 e. The third-order valence-electron chi connectivity index (χ3n) is 7.21. The minimum atomic E-state index is -0.0343. The maximum absolute atomic E-state index is 12.5. The fraction of sp³-hybridized carbons (Fsp3) is 0.867. The Balaban J connectivity index is 2.04. The lowest BCUT2D eigenvalue weighted by Gasteiger charge is -2.20. The molecule has 0 aromatic rings. The van der Waals surface area contributed by atoms with Gasteiger partial charge < -0.3 is 0 Å². The molecule has 0 fully saturated rings. The Kier molecular flexibility index (Phi) is 18.8. The van der Waals surface area contributed by atoms with Gasteiger partial charge in [0, 0.05) is 12.3 Å². The first-order valence-electron chi connectivity index (χ1n) is 14.5. The van der Waals surface area contributed by atoms with Crippen molar-refractivity contribution in [1.29, 1.82) is 0 Å². The van der Waals surface area contributed by atoms with E-state index in [1.807, 2.05) is 0 Å². The summed E-state index contributed by atoms with van der Waals surface area (Å²) in [7, 11) is 0. The molecular weight excluding hydrogens is 392 g/mol. The van der Waals surface area contributed by atoms with Crippen LogP contribution in [-0.2, 0) is 9.59 Å². The Labute approximate surface area is 200 Å². The Morgan fingerprint density at radius 2 is 1.00 bits per heavy atom. The van der Waals surface area contributed by atoms with Crippen molar-refractivity contribution in [3.8, 4) is 0 Å². The minimum absolute atomic E-state index is 0.0343. The van der Waals surface area contributed by atoms with Crippen LogP contribution in [0, 0.1) is 5.92 Å². The van der Waals surface area contributed by atoms with Crippen molar-refractivity contribution >= 4 is 11.6 Å². The van der Waals surface area contributed by atoms with Crippen molar-refractivity contribution in [2.24, 2.45) is 5.92 Å². The zero-order valence-corrected chi connectivity index (χ0v) is 21.7. The van der Waals surface area contributed by atoms with E-state index < -0.39 is 0 Å². The first kappa shape index (κ1) is 29.1. The molecule has 2 heteroatoms. The monoisotopic (exact) mass is 446 g/mol. The molecular formula is C30H54O2. The van der Waals surface area contributed by atoms with Gasteiger partial charge in [0.2, 0.25) is 0 Å². The molecule has 0 N–H and O–H groups in total. The van der Waals surface area contributed by atoms with Crippen LogP contribution in [0.15, 0.2) is 11.6 Å². The zero-order chi connectivity index (χ0) is 23.3. The molecule has 186 valence electrons. The second kappa shape index (κ2) is 20.7. The van der Waals surface area contributed by atoms with Crippen LogP contribution in [0.2, 0.25) is 0 Å². The van der Waals surface area contributed by atoms with Gasteiger partial charge in [0.05, 0.1) is 0 Å². The molecule has 1 aliphatic rings. The van der Waals surface area contributed by atoms with Gasteiger partial charge in [-0.05, 0) is 30.9 Å². The van der Waals surface area contributed by atoms with Crippen LogP contribution in [-0.4, -0.2) is 11.6 Å². The van der Waals surface area contributed by atoms with Crippen LogP contribution >= 0.6 is 0 Å². The summed E-state index contributed by atoms with van der Waals surface area (Å²) < 4.78 is 0. The second-order valence-corrected chi connectivity index (χ2v) is 10.3. The maximum Gasteiger partial charge on any atom is 0.159 e. The van der Waals surface area contributed by atoms with Crippen LogP contribution in [0.5, 0.6) is 0 Å². The lowest BCUT2D eigenvalue weighted by atomic mass is 9.82. The van der Waals surface area contributed by atoms with E-state index in [2.05, 4.69) is 13.8 Å². The second-order valence-electron chi connectivity index (χ2n) is 10.3. The third-order valence-corrected chi connectivity index (χ3v) is 7.21. The highest BCUT2D eigenvalue weighted by atomic mass is 16.1. The number of rotatable bonds is 22. The summed E-state index contributed by atoms with van der Waals surface area (Å²) in [6.45, 7) is 4.53. The van der Waals surface area contributed by atoms with E-state index in [1.165, 1.54) is 116 Å². The lowest BCUT2D eigenvalue weighted by molar-refractivity contribution is -0.125. The van der Waals surface area contributed by atoms with Crippen LogP contribution < -0.4 is 0 Å². The highest BCUT2D eigenvalue weighted by molar-refractivity contribution is 6.09. The largest absolute Gasteiger partial charge is 0.295 e. The summed E-state index contributed by atoms with van der Waals surface area (Å²) in [5.41, 5.74) is 0.814. The average molecular weight is 447 g/mol. The third kappa shape index (κ3) is 15.0. The molecule has 32 heavy (non-hydrogen) atoms. The first-order valence-corrected chi connectivity index (χ1v) is 14.5.